The van der Waals surface area contributed by atoms with E-state index in [9.17, 15) is 4.79 Å². The Kier molecular flexibility index (Phi) is 4.81. The van der Waals surface area contributed by atoms with Crippen LogP contribution in [0.1, 0.15) is 35.2 Å². The van der Waals surface area contributed by atoms with E-state index >= 15 is 0 Å². The monoisotopic (exact) mass is 310 g/mol. The van der Waals surface area contributed by atoms with E-state index in [1.165, 1.54) is 6.42 Å². The maximum absolute atomic E-state index is 12.5. The molecule has 1 fully saturated rings. The zero-order valence-corrected chi connectivity index (χ0v) is 13.2. The van der Waals surface area contributed by atoms with Crippen molar-refractivity contribution in [3.63, 3.8) is 0 Å². The third kappa shape index (κ3) is 3.83. The number of likely N-dealkylation sites (tertiary alicyclic amines) is 1. The van der Waals surface area contributed by atoms with Gasteiger partial charge >= 0.3 is 0 Å². The average Bonchev–Trinajstić information content (AvgIpc) is 2.61. The second kappa shape index (κ2) is 7.18. The van der Waals surface area contributed by atoms with Gasteiger partial charge in [0.2, 0.25) is 0 Å². The lowest BCUT2D eigenvalue weighted by Crippen LogP contribution is -2.35. The molecule has 0 aliphatic carbocycles. The van der Waals surface area contributed by atoms with Crippen molar-refractivity contribution in [2.45, 2.75) is 25.9 Å². The number of nitrogens with two attached hydrogens (primary N) is 1. The molecule has 3 rings (SSSR count). The van der Waals surface area contributed by atoms with Gasteiger partial charge in [-0.05, 0) is 43.0 Å². The maximum atomic E-state index is 12.5. The number of rotatable bonds is 4. The quantitative estimate of drug-likeness (QED) is 0.880. The van der Waals surface area contributed by atoms with Crippen molar-refractivity contribution in [1.29, 1.82) is 0 Å². The zero-order valence-electron chi connectivity index (χ0n) is 13.2. The van der Waals surface area contributed by atoms with E-state index in [1.54, 1.807) is 18.2 Å². The van der Waals surface area contributed by atoms with Gasteiger partial charge in [-0.2, -0.15) is 0 Å². The van der Waals surface area contributed by atoms with Crippen LogP contribution in [-0.2, 0) is 6.61 Å². The Bertz CT molecular complexity index is 664. The highest BCUT2D eigenvalue weighted by molar-refractivity contribution is 5.95. The molecule has 1 heterocycles. The van der Waals surface area contributed by atoms with E-state index in [1.807, 2.05) is 35.2 Å². The van der Waals surface area contributed by atoms with Crippen LogP contribution in [0.5, 0.6) is 5.75 Å². The van der Waals surface area contributed by atoms with Crippen molar-refractivity contribution in [2.24, 2.45) is 0 Å². The summed E-state index contributed by atoms with van der Waals surface area (Å²) in [5.74, 6) is 0.676. The fourth-order valence-electron chi connectivity index (χ4n) is 2.83. The first-order valence-corrected chi connectivity index (χ1v) is 8.09. The van der Waals surface area contributed by atoms with Gasteiger partial charge in [-0.3, -0.25) is 4.79 Å². The maximum Gasteiger partial charge on any atom is 0.253 e. The highest BCUT2D eigenvalue weighted by Crippen LogP contribution is 2.25. The highest BCUT2D eigenvalue weighted by Gasteiger charge is 2.18. The molecule has 120 valence electrons. The second-order valence-corrected chi connectivity index (χ2v) is 5.88. The van der Waals surface area contributed by atoms with Crippen molar-refractivity contribution in [3.8, 4) is 5.75 Å². The predicted octanol–water partition coefficient (Wildman–Crippen LogP) is 3.47. The summed E-state index contributed by atoms with van der Waals surface area (Å²) in [5.41, 5.74) is 8.28. The fourth-order valence-corrected chi connectivity index (χ4v) is 2.83. The van der Waals surface area contributed by atoms with Crippen LogP contribution in [0.2, 0.25) is 0 Å². The molecule has 0 saturated carbocycles. The van der Waals surface area contributed by atoms with Crippen LogP contribution in [0, 0.1) is 0 Å². The van der Waals surface area contributed by atoms with Crippen molar-refractivity contribution in [1.82, 2.24) is 4.90 Å². The predicted molar refractivity (Wildman–Crippen MR) is 91.4 cm³/mol. The molecule has 23 heavy (non-hydrogen) atoms. The molecule has 0 radical (unpaired) electrons. The standard InChI is InChI=1S/C19H22N2O2/c20-17-13-16(19(22)21-11-5-2-6-12-21)9-10-18(17)23-14-15-7-3-1-4-8-15/h1,3-4,7-10,13H,2,5-6,11-12,14,20H2. The summed E-state index contributed by atoms with van der Waals surface area (Å²) < 4.78 is 5.75. The number of nitrogen functional groups attached to an aromatic ring is 1. The topological polar surface area (TPSA) is 55.6 Å². The smallest absolute Gasteiger partial charge is 0.253 e. The average molecular weight is 310 g/mol. The van der Waals surface area contributed by atoms with Gasteiger partial charge < -0.3 is 15.4 Å². The molecule has 0 unspecified atom stereocenters. The van der Waals surface area contributed by atoms with Gasteiger partial charge in [0.1, 0.15) is 12.4 Å². The minimum Gasteiger partial charge on any atom is -0.487 e. The summed E-state index contributed by atoms with van der Waals surface area (Å²) >= 11 is 0. The molecule has 2 aromatic carbocycles. The first-order chi connectivity index (χ1) is 11.2. The number of hydrogen-bond donors (Lipinski definition) is 1. The third-order valence-corrected chi connectivity index (χ3v) is 4.14. The van der Waals surface area contributed by atoms with Crippen LogP contribution in [0.4, 0.5) is 5.69 Å². The molecular weight excluding hydrogens is 288 g/mol. The van der Waals surface area contributed by atoms with Crippen molar-refractivity contribution in [2.75, 3.05) is 18.8 Å². The van der Waals surface area contributed by atoms with Gasteiger partial charge in [0.25, 0.3) is 5.91 Å². The molecule has 2 N–H and O–H groups in total. The lowest BCUT2D eigenvalue weighted by molar-refractivity contribution is 0.0724. The van der Waals surface area contributed by atoms with Crippen molar-refractivity contribution >= 4 is 11.6 Å². The molecule has 1 amide bonds. The first kappa shape index (κ1) is 15.4. The number of ether oxygens (including phenoxy) is 1. The minimum atomic E-state index is 0.0611. The van der Waals surface area contributed by atoms with E-state index in [0.29, 0.717) is 23.6 Å². The van der Waals surface area contributed by atoms with Gasteiger partial charge in [-0.15, -0.1) is 0 Å². The van der Waals surface area contributed by atoms with Crippen LogP contribution in [0.25, 0.3) is 0 Å². The van der Waals surface area contributed by atoms with E-state index in [0.717, 1.165) is 31.5 Å². The van der Waals surface area contributed by atoms with Crippen LogP contribution in [-0.4, -0.2) is 23.9 Å². The summed E-state index contributed by atoms with van der Waals surface area (Å²) in [6.07, 6.45) is 3.37. The SMILES string of the molecule is Nc1cc(C(=O)N2CCCCC2)ccc1OCc1ccccc1. The molecule has 0 aromatic heterocycles. The number of hydrogen-bond acceptors (Lipinski definition) is 3. The number of piperidine rings is 1. The number of carbonyl (C=O) groups is 1. The Morgan fingerprint density at radius 1 is 1.04 bits per heavy atom. The molecule has 1 aliphatic heterocycles. The van der Waals surface area contributed by atoms with Crippen LogP contribution in [0.15, 0.2) is 48.5 Å². The Morgan fingerprint density at radius 3 is 2.48 bits per heavy atom. The molecule has 2 aromatic rings. The van der Waals surface area contributed by atoms with Gasteiger partial charge in [-0.1, -0.05) is 30.3 Å². The lowest BCUT2D eigenvalue weighted by atomic mass is 10.1. The van der Waals surface area contributed by atoms with E-state index in [4.69, 9.17) is 10.5 Å². The summed E-state index contributed by atoms with van der Waals surface area (Å²) in [6, 6.07) is 15.2. The van der Waals surface area contributed by atoms with Crippen LogP contribution >= 0.6 is 0 Å². The number of carbonyl (C=O) groups excluding carboxylic acids is 1. The van der Waals surface area contributed by atoms with E-state index in [-0.39, 0.29) is 5.91 Å². The van der Waals surface area contributed by atoms with Gasteiger partial charge in [0, 0.05) is 18.7 Å². The molecule has 0 spiro atoms. The summed E-state index contributed by atoms with van der Waals surface area (Å²) in [7, 11) is 0. The number of nitrogens with zero attached hydrogens (tertiary/aromatic N) is 1. The minimum absolute atomic E-state index is 0.0611. The molecule has 0 bridgehead atoms. The fraction of sp³-hybridized carbons (Fsp3) is 0.316. The molecule has 4 nitrogen and oxygen atoms in total. The van der Waals surface area contributed by atoms with Crippen molar-refractivity contribution < 1.29 is 9.53 Å². The van der Waals surface area contributed by atoms with Gasteiger partial charge in [-0.25, -0.2) is 0 Å². The number of anilines is 1. The Balaban J connectivity index is 1.66. The molecule has 4 heteroatoms. The summed E-state index contributed by atoms with van der Waals surface area (Å²) in [5, 5.41) is 0. The first-order valence-electron chi connectivity index (χ1n) is 8.09. The normalized spacial score (nSPS) is 14.5. The highest BCUT2D eigenvalue weighted by atomic mass is 16.5. The Morgan fingerprint density at radius 2 is 1.78 bits per heavy atom. The summed E-state index contributed by atoms with van der Waals surface area (Å²) in [4.78, 5) is 14.4. The Labute approximate surface area is 136 Å². The van der Waals surface area contributed by atoms with Gasteiger partial charge in [0.05, 0.1) is 5.69 Å². The van der Waals surface area contributed by atoms with Crippen LogP contribution < -0.4 is 10.5 Å². The van der Waals surface area contributed by atoms with Crippen LogP contribution in [0.3, 0.4) is 0 Å². The molecular formula is C19H22N2O2. The second-order valence-electron chi connectivity index (χ2n) is 5.88. The van der Waals surface area contributed by atoms with Gasteiger partial charge in [0.15, 0.2) is 0 Å². The Hall–Kier alpha value is -2.49. The largest absolute Gasteiger partial charge is 0.487 e. The summed E-state index contributed by atoms with van der Waals surface area (Å²) in [6.45, 7) is 2.14. The molecule has 0 atom stereocenters. The molecule has 1 aliphatic rings. The number of amides is 1. The third-order valence-electron chi connectivity index (χ3n) is 4.14. The number of benzene rings is 2. The lowest BCUT2D eigenvalue weighted by Gasteiger charge is -2.26. The zero-order chi connectivity index (χ0) is 16.1. The van der Waals surface area contributed by atoms with Crippen molar-refractivity contribution in [3.05, 3.63) is 59.7 Å². The van der Waals surface area contributed by atoms with E-state index in [2.05, 4.69) is 0 Å². The molecule has 1 saturated heterocycles. The van der Waals surface area contributed by atoms with E-state index < -0.39 is 0 Å².